The highest BCUT2D eigenvalue weighted by atomic mass is 16.5. The van der Waals surface area contributed by atoms with E-state index in [1.807, 2.05) is 6.07 Å². The molecule has 83 heavy (non-hydrogen) atoms. The Bertz CT molecular complexity index is 4790. The van der Waals surface area contributed by atoms with Crippen LogP contribution in [0, 0.1) is 6.92 Å². The lowest BCUT2D eigenvalue weighted by Crippen LogP contribution is -2.09. The average Bonchev–Trinajstić information content (AvgIpc) is 2.26. The number of ether oxygens (including phenoxy) is 1. The van der Waals surface area contributed by atoms with Crippen LogP contribution in [0.5, 0.6) is 11.5 Å². The van der Waals surface area contributed by atoms with E-state index < -0.39 is 0 Å². The molecule has 0 radical (unpaired) electrons. The number of pyridine rings is 1. The fourth-order valence-electron chi connectivity index (χ4n) is 12.7. The van der Waals surface area contributed by atoms with Gasteiger partial charge in [-0.1, -0.05) is 171 Å². The number of imidazole rings is 2. The van der Waals surface area contributed by atoms with Gasteiger partial charge in [-0.05, 0) is 166 Å². The third kappa shape index (κ3) is 8.76. The third-order valence-electron chi connectivity index (χ3n) is 16.7. The third-order valence-corrected chi connectivity index (χ3v) is 16.7. The highest BCUT2D eigenvalue weighted by molar-refractivity contribution is 6.27. The van der Waals surface area contributed by atoms with Crippen molar-refractivity contribution in [2.75, 3.05) is 0 Å². The van der Waals surface area contributed by atoms with Crippen LogP contribution in [0.4, 0.5) is 0 Å². The van der Waals surface area contributed by atoms with Crippen molar-refractivity contribution in [2.45, 2.75) is 86.0 Å². The molecule has 0 aliphatic carbocycles. The summed E-state index contributed by atoms with van der Waals surface area (Å²) in [6.45, 7) is 20.5. The Labute approximate surface area is 484 Å². The molecule has 0 spiro atoms. The number of aryl methyl sites for hydroxylation is 1. The monoisotopic (exact) mass is 1080 g/mol. The summed E-state index contributed by atoms with van der Waals surface area (Å²) in [6.07, 6.45) is 0. The maximum Gasteiger partial charge on any atom is 0.149 e. The van der Waals surface area contributed by atoms with Gasteiger partial charge in [0.25, 0.3) is 0 Å². The van der Waals surface area contributed by atoms with Gasteiger partial charge < -0.3 is 9.15 Å². The minimum Gasteiger partial charge on any atom is -0.457 e. The van der Waals surface area contributed by atoms with Crippen molar-refractivity contribution < 1.29 is 9.15 Å². The van der Waals surface area contributed by atoms with Gasteiger partial charge in [-0.3, -0.25) is 14.1 Å². The van der Waals surface area contributed by atoms with Crippen molar-refractivity contribution >= 4 is 65.7 Å². The Morgan fingerprint density at radius 1 is 0.373 bits per heavy atom. The van der Waals surface area contributed by atoms with Crippen LogP contribution < -0.4 is 4.74 Å². The van der Waals surface area contributed by atoms with Crippen molar-refractivity contribution in [2.24, 2.45) is 0 Å². The molecule has 4 aromatic heterocycles. The smallest absolute Gasteiger partial charge is 0.149 e. The fraction of sp³-hybridized carbons (Fsp3) is 0.171. The zero-order valence-electron chi connectivity index (χ0n) is 48.5. The minimum atomic E-state index is 0.181. The second-order valence-electron chi connectivity index (χ2n) is 23.5. The fourth-order valence-corrected chi connectivity index (χ4v) is 12.7. The molecule has 14 rings (SSSR count). The molecular formula is C76H65N5O2. The lowest BCUT2D eigenvalue weighted by molar-refractivity contribution is 0.483. The van der Waals surface area contributed by atoms with Crippen LogP contribution in [0.1, 0.15) is 107 Å². The first-order valence-corrected chi connectivity index (χ1v) is 29.3. The SMILES string of the molecule is Cc1nc2ccccc2c2c1ccc1oc3c(-c4nc5ccccc5n4-c4c(C(C)C)cc(-c5ccccc5)cc4C(C)C)cc(Oc4cccc(-c5nc6ccccc6n5-c5c(C(C)C)cc(-c6ccccc6)cc5C(C)C)c4)cc3c12. The predicted octanol–water partition coefficient (Wildman–Crippen LogP) is 21.2. The number of furan rings is 1. The molecule has 0 fully saturated rings. The molecule has 0 aliphatic heterocycles. The van der Waals surface area contributed by atoms with Crippen molar-refractivity contribution in [1.82, 2.24) is 24.1 Å². The Hall–Kier alpha value is -9.59. The molecule has 10 aromatic carbocycles. The maximum absolute atomic E-state index is 7.34. The molecule has 4 heterocycles. The van der Waals surface area contributed by atoms with Gasteiger partial charge in [0.05, 0.1) is 44.5 Å². The minimum absolute atomic E-state index is 0.181. The first-order chi connectivity index (χ1) is 40.4. The summed E-state index contributed by atoms with van der Waals surface area (Å²) in [5.74, 6) is 3.76. The topological polar surface area (TPSA) is 70.9 Å². The number of benzene rings is 10. The van der Waals surface area contributed by atoms with Gasteiger partial charge in [0.15, 0.2) is 0 Å². The lowest BCUT2D eigenvalue weighted by atomic mass is 9.88. The molecule has 0 saturated heterocycles. The van der Waals surface area contributed by atoms with E-state index in [4.69, 9.17) is 24.1 Å². The van der Waals surface area contributed by atoms with E-state index in [9.17, 15) is 0 Å². The molecule has 0 aliphatic rings. The second kappa shape index (κ2) is 20.4. The zero-order chi connectivity index (χ0) is 56.8. The van der Waals surface area contributed by atoms with Gasteiger partial charge in [-0.2, -0.15) is 0 Å². The number of para-hydroxylation sites is 5. The summed E-state index contributed by atoms with van der Waals surface area (Å²) < 4.78 is 19.4. The lowest BCUT2D eigenvalue weighted by Gasteiger charge is -2.24. The normalized spacial score (nSPS) is 12.1. The molecule has 406 valence electrons. The van der Waals surface area contributed by atoms with Crippen LogP contribution in [0.15, 0.2) is 211 Å². The summed E-state index contributed by atoms with van der Waals surface area (Å²) in [4.78, 5) is 16.2. The molecule has 0 N–H and O–H groups in total. The van der Waals surface area contributed by atoms with Crippen LogP contribution in [-0.4, -0.2) is 24.1 Å². The Balaban J connectivity index is 1.01. The van der Waals surface area contributed by atoms with Crippen molar-refractivity contribution in [3.05, 3.63) is 234 Å². The second-order valence-corrected chi connectivity index (χ2v) is 23.5. The Morgan fingerprint density at radius 2 is 0.867 bits per heavy atom. The van der Waals surface area contributed by atoms with Gasteiger partial charge in [-0.15, -0.1) is 0 Å². The van der Waals surface area contributed by atoms with Gasteiger partial charge in [-0.25, -0.2) is 9.97 Å². The van der Waals surface area contributed by atoms with E-state index >= 15 is 0 Å². The molecule has 0 amide bonds. The van der Waals surface area contributed by atoms with E-state index in [0.29, 0.717) is 11.5 Å². The first kappa shape index (κ1) is 51.5. The van der Waals surface area contributed by atoms with Crippen LogP contribution in [0.3, 0.4) is 0 Å². The molecular weight excluding hydrogens is 1010 g/mol. The summed E-state index contributed by atoms with van der Waals surface area (Å²) in [7, 11) is 0. The summed E-state index contributed by atoms with van der Waals surface area (Å²) in [5, 5.41) is 5.18. The molecule has 7 heteroatoms. The van der Waals surface area contributed by atoms with E-state index in [2.05, 4.69) is 272 Å². The maximum atomic E-state index is 7.34. The summed E-state index contributed by atoms with van der Waals surface area (Å²) in [5.41, 5.74) is 21.2. The van der Waals surface area contributed by atoms with E-state index in [-0.39, 0.29) is 23.7 Å². The Kier molecular flexibility index (Phi) is 12.7. The summed E-state index contributed by atoms with van der Waals surface area (Å²) in [6, 6.07) is 73.4. The number of nitrogens with zero attached hydrogens (tertiary/aromatic N) is 5. The van der Waals surface area contributed by atoms with Gasteiger partial charge >= 0.3 is 0 Å². The first-order valence-electron chi connectivity index (χ1n) is 29.3. The predicted molar refractivity (Wildman–Crippen MR) is 345 cm³/mol. The standard InChI is InChI=1S/C76H65N5O2/c1-44(2)58-38-52(49-23-12-10-13-24-49)39-59(45(3)4)72(58)80-67-33-20-18-31-65(67)78-75(80)51-27-22-28-54(37-51)82-55-42-62-71-69(36-35-56-48(9)77-64-30-17-16-29-57(64)70(56)71)83-74(62)63(43-55)76-79-66-32-19-21-34-68(66)81(76)73-60(46(5)6)40-53(41-61(73)47(7)8)50-25-14-11-15-26-50/h10-47H,1-9H3. The highest BCUT2D eigenvalue weighted by Crippen LogP contribution is 2.48. The molecule has 7 nitrogen and oxygen atoms in total. The molecule has 0 atom stereocenters. The molecule has 14 aromatic rings. The van der Waals surface area contributed by atoms with Crippen LogP contribution >= 0.6 is 0 Å². The van der Waals surface area contributed by atoms with Crippen LogP contribution in [0.2, 0.25) is 0 Å². The van der Waals surface area contributed by atoms with E-state index in [1.54, 1.807) is 0 Å². The number of aromatic nitrogens is 5. The van der Waals surface area contributed by atoms with Gasteiger partial charge in [0, 0.05) is 38.2 Å². The van der Waals surface area contributed by atoms with E-state index in [0.717, 1.165) is 99.8 Å². The molecule has 0 unspecified atom stereocenters. The Morgan fingerprint density at radius 3 is 1.43 bits per heavy atom. The molecule has 0 bridgehead atoms. The van der Waals surface area contributed by atoms with Crippen molar-refractivity contribution in [3.8, 4) is 67.9 Å². The largest absolute Gasteiger partial charge is 0.457 e. The zero-order valence-corrected chi connectivity index (χ0v) is 48.5. The van der Waals surface area contributed by atoms with Crippen molar-refractivity contribution in [3.63, 3.8) is 0 Å². The van der Waals surface area contributed by atoms with E-state index in [1.165, 1.54) is 50.2 Å². The van der Waals surface area contributed by atoms with Gasteiger partial charge in [0.2, 0.25) is 0 Å². The average molecular weight is 1080 g/mol. The number of rotatable bonds is 12. The number of hydrogen-bond acceptors (Lipinski definition) is 5. The quantitative estimate of drug-likeness (QED) is 0.114. The van der Waals surface area contributed by atoms with Crippen LogP contribution in [0.25, 0.3) is 122 Å². The van der Waals surface area contributed by atoms with Crippen molar-refractivity contribution in [1.29, 1.82) is 0 Å². The van der Waals surface area contributed by atoms with Crippen LogP contribution in [-0.2, 0) is 0 Å². The number of hydrogen-bond donors (Lipinski definition) is 0. The van der Waals surface area contributed by atoms with Gasteiger partial charge in [0.1, 0.15) is 34.3 Å². The summed E-state index contributed by atoms with van der Waals surface area (Å²) >= 11 is 0. The number of fused-ring (bicyclic) bond motifs is 9. The molecule has 0 saturated carbocycles. The highest BCUT2D eigenvalue weighted by Gasteiger charge is 2.29.